The number of carbonyl (C=O) groups excluding carboxylic acids is 1. The molecule has 1 aromatic rings. The van der Waals surface area contributed by atoms with Crippen LogP contribution in [-0.4, -0.2) is 45.2 Å². The molecule has 1 aliphatic heterocycles. The number of hydrogen-bond donors (Lipinski definition) is 2. The maximum absolute atomic E-state index is 12.0. The highest BCUT2D eigenvalue weighted by molar-refractivity contribution is 8.00. The molecule has 0 radical (unpaired) electrons. The molecule has 9 heteroatoms. The third kappa shape index (κ3) is 4.46. The molecule has 0 bridgehead atoms. The SMILES string of the molecule is CCCCOC(=O)Nc1ccn([C@@H]2CS[C@H](CO)O2)c(=O)n1. The molecule has 0 aromatic carbocycles. The van der Waals surface area contributed by atoms with E-state index in [2.05, 4.69) is 10.3 Å². The first kappa shape index (κ1) is 16.8. The Balaban J connectivity index is 1.95. The van der Waals surface area contributed by atoms with Crippen LogP contribution in [0.5, 0.6) is 0 Å². The van der Waals surface area contributed by atoms with E-state index in [1.165, 1.54) is 28.6 Å². The fourth-order valence-electron chi connectivity index (χ4n) is 1.84. The second-order valence-electron chi connectivity index (χ2n) is 4.65. The van der Waals surface area contributed by atoms with Crippen molar-refractivity contribution in [3.05, 3.63) is 22.7 Å². The van der Waals surface area contributed by atoms with Crippen LogP contribution >= 0.6 is 11.8 Å². The van der Waals surface area contributed by atoms with Crippen LogP contribution in [0.1, 0.15) is 26.0 Å². The van der Waals surface area contributed by atoms with Crippen LogP contribution in [0.3, 0.4) is 0 Å². The van der Waals surface area contributed by atoms with Gasteiger partial charge in [-0.3, -0.25) is 9.88 Å². The number of amides is 1. The lowest BCUT2D eigenvalue weighted by molar-refractivity contribution is -0.00629. The van der Waals surface area contributed by atoms with Crippen molar-refractivity contribution < 1.29 is 19.4 Å². The minimum atomic E-state index is -0.633. The topological polar surface area (TPSA) is 103 Å². The molecule has 8 nitrogen and oxygen atoms in total. The lowest BCUT2D eigenvalue weighted by atomic mass is 10.4. The van der Waals surface area contributed by atoms with E-state index in [1.54, 1.807) is 0 Å². The van der Waals surface area contributed by atoms with E-state index in [-0.39, 0.29) is 17.9 Å². The molecule has 1 aromatic heterocycles. The molecule has 22 heavy (non-hydrogen) atoms. The van der Waals surface area contributed by atoms with Gasteiger partial charge in [-0.25, -0.2) is 9.59 Å². The van der Waals surface area contributed by atoms with Crippen molar-refractivity contribution in [3.8, 4) is 0 Å². The molecular weight excluding hydrogens is 310 g/mol. The smallest absolute Gasteiger partial charge is 0.412 e. The third-order valence-corrected chi connectivity index (χ3v) is 4.09. The number of carbonyl (C=O) groups is 1. The van der Waals surface area contributed by atoms with Crippen molar-refractivity contribution in [2.75, 3.05) is 24.3 Å². The molecule has 1 amide bonds. The van der Waals surface area contributed by atoms with Crippen LogP contribution in [-0.2, 0) is 9.47 Å². The number of nitrogens with one attached hydrogen (secondary N) is 1. The Morgan fingerprint density at radius 1 is 1.68 bits per heavy atom. The van der Waals surface area contributed by atoms with Gasteiger partial charge in [0.25, 0.3) is 0 Å². The van der Waals surface area contributed by atoms with Crippen LogP contribution in [0.25, 0.3) is 0 Å². The monoisotopic (exact) mass is 329 g/mol. The number of rotatable bonds is 6. The number of aliphatic hydroxyl groups is 1. The Bertz CT molecular complexity index is 565. The summed E-state index contributed by atoms with van der Waals surface area (Å²) in [6, 6.07) is 1.50. The number of nitrogens with zero attached hydrogens (tertiary/aromatic N) is 2. The molecule has 1 saturated heterocycles. The highest BCUT2D eigenvalue weighted by Gasteiger charge is 2.27. The molecule has 2 rings (SSSR count). The van der Waals surface area contributed by atoms with Crippen LogP contribution in [0.15, 0.2) is 17.1 Å². The number of ether oxygens (including phenoxy) is 2. The van der Waals surface area contributed by atoms with Gasteiger partial charge in [0, 0.05) is 11.9 Å². The van der Waals surface area contributed by atoms with Gasteiger partial charge in [-0.2, -0.15) is 4.98 Å². The van der Waals surface area contributed by atoms with Crippen LogP contribution in [0, 0.1) is 0 Å². The van der Waals surface area contributed by atoms with Gasteiger partial charge in [0.05, 0.1) is 13.2 Å². The summed E-state index contributed by atoms with van der Waals surface area (Å²) in [5, 5.41) is 11.4. The van der Waals surface area contributed by atoms with E-state index in [9.17, 15) is 9.59 Å². The van der Waals surface area contributed by atoms with Crippen molar-refractivity contribution in [2.24, 2.45) is 0 Å². The van der Waals surface area contributed by atoms with Gasteiger partial charge in [-0.05, 0) is 12.5 Å². The predicted octanol–water partition coefficient (Wildman–Crippen LogP) is 1.17. The summed E-state index contributed by atoms with van der Waals surface area (Å²) < 4.78 is 11.7. The molecule has 2 heterocycles. The number of aliphatic hydroxyl groups excluding tert-OH is 1. The Morgan fingerprint density at radius 3 is 3.14 bits per heavy atom. The van der Waals surface area contributed by atoms with Gasteiger partial charge < -0.3 is 14.6 Å². The lowest BCUT2D eigenvalue weighted by Gasteiger charge is -2.14. The van der Waals surface area contributed by atoms with E-state index in [4.69, 9.17) is 14.6 Å². The summed E-state index contributed by atoms with van der Waals surface area (Å²) in [5.41, 5.74) is -0.862. The average molecular weight is 329 g/mol. The van der Waals surface area contributed by atoms with Crippen LogP contribution in [0.2, 0.25) is 0 Å². The Kier molecular flexibility index (Phi) is 6.22. The predicted molar refractivity (Wildman–Crippen MR) is 81.8 cm³/mol. The molecule has 2 N–H and O–H groups in total. The number of thioether (sulfide) groups is 1. The number of aromatic nitrogens is 2. The molecule has 0 spiro atoms. The minimum Gasteiger partial charge on any atom is -0.449 e. The zero-order valence-corrected chi connectivity index (χ0v) is 13.0. The van der Waals surface area contributed by atoms with E-state index >= 15 is 0 Å². The number of hydrogen-bond acceptors (Lipinski definition) is 7. The Hall–Kier alpha value is -1.58. The van der Waals surface area contributed by atoms with Crippen molar-refractivity contribution >= 4 is 23.7 Å². The van der Waals surface area contributed by atoms with Gasteiger partial charge in [0.15, 0.2) is 0 Å². The van der Waals surface area contributed by atoms with E-state index < -0.39 is 18.0 Å². The highest BCUT2D eigenvalue weighted by Crippen LogP contribution is 2.30. The van der Waals surface area contributed by atoms with Crippen molar-refractivity contribution in [1.29, 1.82) is 0 Å². The molecule has 0 aliphatic carbocycles. The van der Waals surface area contributed by atoms with Gasteiger partial charge in [-0.1, -0.05) is 13.3 Å². The molecule has 122 valence electrons. The first-order valence-corrected chi connectivity index (χ1v) is 8.09. The first-order chi connectivity index (χ1) is 10.6. The Labute approximate surface area is 131 Å². The summed E-state index contributed by atoms with van der Waals surface area (Å²) in [6.45, 7) is 2.22. The summed E-state index contributed by atoms with van der Waals surface area (Å²) in [7, 11) is 0. The van der Waals surface area contributed by atoms with E-state index in [0.717, 1.165) is 12.8 Å². The largest absolute Gasteiger partial charge is 0.449 e. The fraction of sp³-hybridized carbons (Fsp3) is 0.615. The van der Waals surface area contributed by atoms with Gasteiger partial charge in [0.2, 0.25) is 0 Å². The maximum Gasteiger partial charge on any atom is 0.412 e. The van der Waals surface area contributed by atoms with Crippen molar-refractivity contribution in [2.45, 2.75) is 31.4 Å². The number of unbranched alkanes of at least 4 members (excludes halogenated alkanes) is 1. The van der Waals surface area contributed by atoms with Crippen LogP contribution < -0.4 is 11.0 Å². The average Bonchev–Trinajstić information content (AvgIpc) is 2.96. The van der Waals surface area contributed by atoms with Gasteiger partial charge >= 0.3 is 11.8 Å². The van der Waals surface area contributed by atoms with Crippen molar-refractivity contribution in [1.82, 2.24) is 9.55 Å². The van der Waals surface area contributed by atoms with Crippen molar-refractivity contribution in [3.63, 3.8) is 0 Å². The second kappa shape index (κ2) is 8.16. The van der Waals surface area contributed by atoms with Crippen LogP contribution in [0.4, 0.5) is 10.6 Å². The molecule has 0 saturated carbocycles. The summed E-state index contributed by atoms with van der Waals surface area (Å²) in [5.74, 6) is 0.686. The second-order valence-corrected chi connectivity index (χ2v) is 5.85. The highest BCUT2D eigenvalue weighted by atomic mass is 32.2. The fourth-order valence-corrected chi connectivity index (χ4v) is 2.77. The zero-order valence-electron chi connectivity index (χ0n) is 12.2. The molecule has 1 fully saturated rings. The maximum atomic E-state index is 12.0. The Morgan fingerprint density at radius 2 is 2.50 bits per heavy atom. The van der Waals surface area contributed by atoms with Gasteiger partial charge in [0.1, 0.15) is 17.5 Å². The quantitative estimate of drug-likeness (QED) is 0.755. The molecule has 2 atom stereocenters. The lowest BCUT2D eigenvalue weighted by Crippen LogP contribution is -2.29. The van der Waals surface area contributed by atoms with E-state index in [1.807, 2.05) is 6.92 Å². The molecular formula is C13H19N3O5S. The zero-order chi connectivity index (χ0) is 15.9. The molecule has 1 aliphatic rings. The summed E-state index contributed by atoms with van der Waals surface area (Å²) in [6.07, 6.45) is 2.11. The normalized spacial score (nSPS) is 20.8. The van der Waals surface area contributed by atoms with E-state index in [0.29, 0.717) is 12.4 Å². The number of anilines is 1. The van der Waals surface area contributed by atoms with Gasteiger partial charge in [-0.15, -0.1) is 11.8 Å². The first-order valence-electron chi connectivity index (χ1n) is 7.05. The minimum absolute atomic E-state index is 0.105. The summed E-state index contributed by atoms with van der Waals surface area (Å²) >= 11 is 1.43. The standard InChI is InChI=1S/C13H19N3O5S/c1-2-3-6-20-13(19)15-9-4-5-16(12(18)14-9)10-8-22-11(7-17)21-10/h4-5,10-11,17H,2-3,6-8H2,1H3,(H,14,15,18,19)/t10-,11+/m0/s1. The summed E-state index contributed by atoms with van der Waals surface area (Å²) in [4.78, 5) is 27.2. The molecule has 0 unspecified atom stereocenters. The third-order valence-electron chi connectivity index (χ3n) is 2.98.